The van der Waals surface area contributed by atoms with Crippen molar-refractivity contribution in [3.05, 3.63) is 82.4 Å². The van der Waals surface area contributed by atoms with Crippen molar-refractivity contribution in [1.29, 1.82) is 0 Å². The molecule has 0 heterocycles. The number of hydrogen-bond acceptors (Lipinski definition) is 6. The fraction of sp³-hybridized carbons (Fsp3) is 0.231. The van der Waals surface area contributed by atoms with Crippen molar-refractivity contribution < 1.29 is 23.7 Å². The monoisotopic (exact) mass is 482 g/mol. The summed E-state index contributed by atoms with van der Waals surface area (Å²) in [7, 11) is 1.56. The molecule has 178 valence electrons. The van der Waals surface area contributed by atoms with Crippen LogP contribution in [0.1, 0.15) is 35.3 Å². The Balaban J connectivity index is 1.63. The highest BCUT2D eigenvalue weighted by Crippen LogP contribution is 2.29. The van der Waals surface area contributed by atoms with E-state index in [9.17, 15) is 4.79 Å². The lowest BCUT2D eigenvalue weighted by Crippen LogP contribution is -2.17. The molecule has 0 aliphatic carbocycles. The van der Waals surface area contributed by atoms with Gasteiger partial charge in [0, 0.05) is 10.6 Å². The number of halogens is 1. The molecule has 0 fully saturated rings. The van der Waals surface area contributed by atoms with E-state index in [4.69, 9.17) is 30.5 Å². The molecule has 1 N–H and O–H groups in total. The van der Waals surface area contributed by atoms with E-state index in [1.807, 2.05) is 44.2 Å². The Bertz CT molecular complexity index is 1130. The number of ether oxygens (including phenoxy) is 4. The van der Waals surface area contributed by atoms with Gasteiger partial charge in [-0.25, -0.2) is 5.43 Å². The molecule has 1 amide bonds. The number of methoxy groups -OCH3 is 1. The lowest BCUT2D eigenvalue weighted by atomic mass is 10.2. The molecule has 3 aromatic carbocycles. The first-order valence-electron chi connectivity index (χ1n) is 10.8. The van der Waals surface area contributed by atoms with Crippen LogP contribution in [0.25, 0.3) is 0 Å². The van der Waals surface area contributed by atoms with E-state index >= 15 is 0 Å². The van der Waals surface area contributed by atoms with Crippen LogP contribution < -0.4 is 24.4 Å². The van der Waals surface area contributed by atoms with Crippen molar-refractivity contribution in [3.63, 3.8) is 0 Å². The first-order valence-corrected chi connectivity index (χ1v) is 11.2. The molecule has 3 aromatic rings. The summed E-state index contributed by atoms with van der Waals surface area (Å²) in [5.41, 5.74) is 4.65. The van der Waals surface area contributed by atoms with Crippen molar-refractivity contribution in [2.45, 2.75) is 20.5 Å². The molecule has 0 aliphatic heterocycles. The largest absolute Gasteiger partial charge is 0.493 e. The van der Waals surface area contributed by atoms with E-state index in [2.05, 4.69) is 10.5 Å². The molecule has 7 nitrogen and oxygen atoms in total. The second-order valence-corrected chi connectivity index (χ2v) is 7.49. The maximum absolute atomic E-state index is 12.5. The number of carbonyl (C=O) groups excluding carboxylic acids is 1. The smallest absolute Gasteiger partial charge is 0.271 e. The third-order valence-electron chi connectivity index (χ3n) is 4.68. The molecule has 0 aromatic heterocycles. The predicted octanol–water partition coefficient (Wildman–Crippen LogP) is 5.49. The van der Waals surface area contributed by atoms with Crippen LogP contribution in [0, 0.1) is 0 Å². The molecule has 8 heteroatoms. The van der Waals surface area contributed by atoms with Crippen LogP contribution in [-0.4, -0.2) is 32.4 Å². The van der Waals surface area contributed by atoms with Gasteiger partial charge in [0.05, 0.1) is 26.5 Å². The maximum atomic E-state index is 12.5. The molecule has 0 radical (unpaired) electrons. The first-order chi connectivity index (χ1) is 16.5. The SMILES string of the molecule is CCOc1ccc(C(=O)N/N=C/c2ccc(OCc3ccc(Cl)cc3)c(OC)c2)cc1OCC. The van der Waals surface area contributed by atoms with Crippen LogP contribution >= 0.6 is 11.6 Å². The highest BCUT2D eigenvalue weighted by molar-refractivity contribution is 6.30. The Morgan fingerprint density at radius 2 is 1.56 bits per heavy atom. The summed E-state index contributed by atoms with van der Waals surface area (Å²) >= 11 is 5.92. The average Bonchev–Trinajstić information content (AvgIpc) is 2.85. The van der Waals surface area contributed by atoms with Crippen LogP contribution in [0.3, 0.4) is 0 Å². The molecule has 0 unspecified atom stereocenters. The van der Waals surface area contributed by atoms with Crippen LogP contribution in [-0.2, 0) is 6.61 Å². The topological polar surface area (TPSA) is 78.4 Å². The van der Waals surface area contributed by atoms with E-state index < -0.39 is 0 Å². The van der Waals surface area contributed by atoms with E-state index in [-0.39, 0.29) is 5.91 Å². The molecule has 34 heavy (non-hydrogen) atoms. The second kappa shape index (κ2) is 12.5. The van der Waals surface area contributed by atoms with Gasteiger partial charge in [0.2, 0.25) is 0 Å². The van der Waals surface area contributed by atoms with Crippen LogP contribution in [0.2, 0.25) is 5.02 Å². The van der Waals surface area contributed by atoms with Crippen molar-refractivity contribution >= 4 is 23.7 Å². The van der Waals surface area contributed by atoms with Gasteiger partial charge in [-0.2, -0.15) is 5.10 Å². The van der Waals surface area contributed by atoms with Crippen LogP contribution in [0.4, 0.5) is 0 Å². The zero-order valence-corrected chi connectivity index (χ0v) is 20.1. The standard InChI is InChI=1S/C26H27ClN2O5/c1-4-32-23-13-9-20(15-25(23)33-5-2)26(30)29-28-16-19-8-12-22(24(14-19)31-3)34-17-18-6-10-21(27)11-7-18/h6-16H,4-5,17H2,1-3H3,(H,29,30)/b28-16+. The van der Waals surface area contributed by atoms with Crippen LogP contribution in [0.15, 0.2) is 65.8 Å². The van der Waals surface area contributed by atoms with E-state index in [0.29, 0.717) is 53.4 Å². The Hall–Kier alpha value is -3.71. The van der Waals surface area contributed by atoms with Gasteiger partial charge in [0.1, 0.15) is 6.61 Å². The average molecular weight is 483 g/mol. The number of nitrogens with one attached hydrogen (secondary N) is 1. The molecule has 0 saturated heterocycles. The first kappa shape index (κ1) is 24.9. The summed E-state index contributed by atoms with van der Waals surface area (Å²) in [6.45, 7) is 5.10. The lowest BCUT2D eigenvalue weighted by molar-refractivity contribution is 0.0954. The number of rotatable bonds is 11. The van der Waals surface area contributed by atoms with Crippen molar-refractivity contribution in [2.75, 3.05) is 20.3 Å². The third-order valence-corrected chi connectivity index (χ3v) is 4.93. The van der Waals surface area contributed by atoms with Gasteiger partial charge in [0.15, 0.2) is 23.0 Å². The third kappa shape index (κ3) is 6.89. The van der Waals surface area contributed by atoms with Crippen molar-refractivity contribution in [1.82, 2.24) is 5.43 Å². The fourth-order valence-corrected chi connectivity index (χ4v) is 3.17. The molecule has 0 saturated carbocycles. The number of carbonyl (C=O) groups is 1. The Morgan fingerprint density at radius 3 is 2.26 bits per heavy atom. The van der Waals surface area contributed by atoms with Gasteiger partial charge in [0.25, 0.3) is 5.91 Å². The Kier molecular flexibility index (Phi) is 9.17. The zero-order valence-electron chi connectivity index (χ0n) is 19.3. The van der Waals surface area contributed by atoms with E-state index in [1.54, 1.807) is 37.4 Å². The summed E-state index contributed by atoms with van der Waals surface area (Å²) in [5.74, 6) is 1.89. The van der Waals surface area contributed by atoms with Gasteiger partial charge in [-0.15, -0.1) is 0 Å². The normalized spacial score (nSPS) is 10.7. The highest BCUT2D eigenvalue weighted by atomic mass is 35.5. The minimum atomic E-state index is -0.366. The van der Waals surface area contributed by atoms with Crippen molar-refractivity contribution in [3.8, 4) is 23.0 Å². The summed E-state index contributed by atoms with van der Waals surface area (Å²) in [5, 5.41) is 4.73. The Labute approximate surface area is 204 Å². The maximum Gasteiger partial charge on any atom is 0.271 e. The molecule has 0 atom stereocenters. The number of hydrazone groups is 1. The summed E-state index contributed by atoms with van der Waals surface area (Å²) in [6, 6.07) is 17.8. The van der Waals surface area contributed by atoms with E-state index in [1.165, 1.54) is 6.21 Å². The molecule has 0 aliphatic rings. The molecular formula is C26H27ClN2O5. The van der Waals surface area contributed by atoms with Gasteiger partial charge in [-0.05, 0) is 73.5 Å². The molecule has 0 bridgehead atoms. The second-order valence-electron chi connectivity index (χ2n) is 7.05. The summed E-state index contributed by atoms with van der Waals surface area (Å²) in [4.78, 5) is 12.5. The number of amides is 1. The van der Waals surface area contributed by atoms with Gasteiger partial charge in [-0.1, -0.05) is 23.7 Å². The predicted molar refractivity (Wildman–Crippen MR) is 133 cm³/mol. The number of nitrogens with zero attached hydrogens (tertiary/aromatic N) is 1. The molecular weight excluding hydrogens is 456 g/mol. The van der Waals surface area contributed by atoms with Gasteiger partial charge >= 0.3 is 0 Å². The van der Waals surface area contributed by atoms with Gasteiger partial charge < -0.3 is 18.9 Å². The highest BCUT2D eigenvalue weighted by Gasteiger charge is 2.11. The summed E-state index contributed by atoms with van der Waals surface area (Å²) < 4.78 is 22.4. The Morgan fingerprint density at radius 1 is 0.882 bits per heavy atom. The number of benzene rings is 3. The minimum absolute atomic E-state index is 0.366. The molecule has 0 spiro atoms. The zero-order chi connectivity index (χ0) is 24.3. The van der Waals surface area contributed by atoms with E-state index in [0.717, 1.165) is 11.1 Å². The molecule has 3 rings (SSSR count). The fourth-order valence-electron chi connectivity index (χ4n) is 3.05. The number of hydrogen-bond donors (Lipinski definition) is 1. The summed E-state index contributed by atoms with van der Waals surface area (Å²) in [6.07, 6.45) is 1.53. The minimum Gasteiger partial charge on any atom is -0.493 e. The van der Waals surface area contributed by atoms with Crippen LogP contribution in [0.5, 0.6) is 23.0 Å². The quantitative estimate of drug-likeness (QED) is 0.289. The van der Waals surface area contributed by atoms with Gasteiger partial charge in [-0.3, -0.25) is 4.79 Å². The lowest BCUT2D eigenvalue weighted by Gasteiger charge is -2.12. The van der Waals surface area contributed by atoms with Crippen molar-refractivity contribution in [2.24, 2.45) is 5.10 Å².